The Kier molecular flexibility index (Phi) is 6.18. The number of carboxylic acids is 1. The fraction of sp³-hybridized carbons (Fsp3) is 0.556. The number of nitrogens with zero attached hydrogens (tertiary/aromatic N) is 1. The van der Waals surface area contributed by atoms with E-state index in [0.29, 0.717) is 12.8 Å². The highest BCUT2D eigenvalue weighted by atomic mass is 16.4. The maximum absolute atomic E-state index is 10.4. The van der Waals surface area contributed by atoms with Gasteiger partial charge in [0.25, 0.3) is 0 Å². The van der Waals surface area contributed by atoms with Gasteiger partial charge in [0.15, 0.2) is 12.5 Å². The van der Waals surface area contributed by atoms with Gasteiger partial charge in [-0.15, -0.1) is 0 Å². The first-order valence-corrected chi connectivity index (χ1v) is 5.05. The minimum atomic E-state index is -0.944. The van der Waals surface area contributed by atoms with Crippen LogP contribution in [-0.2, 0) is 14.4 Å². The first kappa shape index (κ1) is 15.7. The first-order chi connectivity index (χ1) is 8.23. The predicted octanol–water partition coefficient (Wildman–Crippen LogP) is -2.59. The number of carboxylic acid groups (broad SMARTS) is 1. The molecule has 1 aliphatic rings. The van der Waals surface area contributed by atoms with Crippen molar-refractivity contribution in [1.82, 2.24) is 10.2 Å². The van der Waals surface area contributed by atoms with Gasteiger partial charge in [-0.05, 0) is 6.42 Å². The average molecular weight is 261 g/mol. The Morgan fingerprint density at radius 1 is 1.67 bits per heavy atom. The summed E-state index contributed by atoms with van der Waals surface area (Å²) in [7, 11) is 1.48. The van der Waals surface area contributed by atoms with E-state index in [1.165, 1.54) is 11.9 Å². The van der Waals surface area contributed by atoms with Crippen LogP contribution in [0.15, 0.2) is 0 Å². The van der Waals surface area contributed by atoms with E-state index in [0.717, 1.165) is 0 Å². The number of carbonyl (C=O) groups is 3. The second-order valence-corrected chi connectivity index (χ2v) is 3.66. The lowest BCUT2D eigenvalue weighted by molar-refractivity contribution is -0.140. The van der Waals surface area contributed by atoms with Gasteiger partial charge < -0.3 is 26.2 Å². The van der Waals surface area contributed by atoms with Gasteiger partial charge in [0, 0.05) is 18.3 Å². The second kappa shape index (κ2) is 7.09. The van der Waals surface area contributed by atoms with Crippen LogP contribution in [0.3, 0.4) is 0 Å². The van der Waals surface area contributed by atoms with Crippen LogP contribution in [0, 0.1) is 5.41 Å². The van der Waals surface area contributed by atoms with Crippen molar-refractivity contribution in [3.05, 3.63) is 0 Å². The molecule has 1 rings (SSSR count). The molecular weight excluding hydrogens is 244 g/mol. The number of rotatable bonds is 3. The van der Waals surface area contributed by atoms with Crippen molar-refractivity contribution in [2.24, 2.45) is 5.73 Å². The highest BCUT2D eigenvalue weighted by Gasteiger charge is 2.26. The number of carbonyl (C=O) groups excluding carboxylic acids is 2. The van der Waals surface area contributed by atoms with Gasteiger partial charge in [-0.2, -0.15) is 0 Å². The summed E-state index contributed by atoms with van der Waals surface area (Å²) in [4.78, 5) is 31.7. The molecule has 0 saturated carbocycles. The van der Waals surface area contributed by atoms with Crippen molar-refractivity contribution < 1.29 is 24.6 Å². The number of nitrogens with one attached hydrogen (secondary N) is 2. The molecule has 1 fully saturated rings. The molecule has 1 saturated heterocycles. The third-order valence-corrected chi connectivity index (χ3v) is 2.09. The molecule has 0 aromatic heterocycles. The molecule has 102 valence electrons. The third-order valence-electron chi connectivity index (χ3n) is 2.09. The Labute approximate surface area is 103 Å². The SMILES string of the molecule is CN(CC(=O)[OH2+])C(=N)N.O=C1CC[C@@H](C(=O)O)N1. The molecule has 7 N–H and O–H groups in total. The minimum absolute atomic E-state index is 0.116. The summed E-state index contributed by atoms with van der Waals surface area (Å²) in [5.74, 6) is -2.05. The second-order valence-electron chi connectivity index (χ2n) is 3.66. The summed E-state index contributed by atoms with van der Waals surface area (Å²) in [5, 5.41) is 23.9. The molecule has 0 aliphatic carbocycles. The highest BCUT2D eigenvalue weighted by molar-refractivity contribution is 5.87. The van der Waals surface area contributed by atoms with Crippen molar-refractivity contribution in [1.29, 1.82) is 5.41 Å². The van der Waals surface area contributed by atoms with Crippen LogP contribution in [0.25, 0.3) is 0 Å². The molecule has 1 aliphatic heterocycles. The Bertz CT molecular complexity index is 355. The summed E-state index contributed by atoms with van der Waals surface area (Å²) in [6.45, 7) is -0.116. The molecule has 0 bridgehead atoms. The average Bonchev–Trinajstić information content (AvgIpc) is 2.64. The van der Waals surface area contributed by atoms with Crippen LogP contribution < -0.4 is 11.1 Å². The van der Waals surface area contributed by atoms with Gasteiger partial charge in [-0.3, -0.25) is 10.2 Å². The standard InChI is InChI=1S/C5H7NO3.C4H9N3O2/c7-4-2-1-3(6-4)5(8)9;1-7(4(5)6)2-3(8)9/h3H,1-2H2,(H,6,7)(H,8,9);2H2,1H3,(H3,5,6)(H,8,9)/p+1/t3-;/m0./s1. The van der Waals surface area contributed by atoms with Gasteiger partial charge in [-0.1, -0.05) is 0 Å². The molecule has 1 atom stereocenters. The quantitative estimate of drug-likeness (QED) is 0.248. The molecule has 0 unspecified atom stereocenters. The van der Waals surface area contributed by atoms with Crippen molar-refractivity contribution in [3.8, 4) is 0 Å². The smallest absolute Gasteiger partial charge is 0.535 e. The van der Waals surface area contributed by atoms with Crippen LogP contribution >= 0.6 is 0 Å². The van der Waals surface area contributed by atoms with E-state index in [1.807, 2.05) is 0 Å². The maximum atomic E-state index is 10.4. The Morgan fingerprint density at radius 2 is 2.22 bits per heavy atom. The van der Waals surface area contributed by atoms with E-state index in [9.17, 15) is 14.4 Å². The van der Waals surface area contributed by atoms with E-state index in [4.69, 9.17) is 21.4 Å². The van der Waals surface area contributed by atoms with E-state index in [1.54, 1.807) is 0 Å². The maximum Gasteiger partial charge on any atom is 0.535 e. The lowest BCUT2D eigenvalue weighted by Gasteiger charge is -2.09. The Balaban J connectivity index is 0.000000321. The summed E-state index contributed by atoms with van der Waals surface area (Å²) < 4.78 is 0. The van der Waals surface area contributed by atoms with Gasteiger partial charge in [0.1, 0.15) is 6.04 Å². The summed E-state index contributed by atoms with van der Waals surface area (Å²) >= 11 is 0. The Hall–Kier alpha value is -2.32. The molecule has 0 spiro atoms. The Morgan fingerprint density at radius 3 is 2.39 bits per heavy atom. The van der Waals surface area contributed by atoms with Gasteiger partial charge in [0.2, 0.25) is 5.91 Å². The zero-order chi connectivity index (χ0) is 14.3. The number of hydrogen-bond donors (Lipinski definition) is 4. The first-order valence-electron chi connectivity index (χ1n) is 5.05. The van der Waals surface area contributed by atoms with Crippen molar-refractivity contribution in [2.45, 2.75) is 18.9 Å². The number of aliphatic carboxylic acids is 1. The van der Waals surface area contributed by atoms with E-state index in [-0.39, 0.29) is 18.4 Å². The largest absolute Gasteiger partial charge is 0.563 e. The molecular formula is C9H17N4O5+. The number of hydrogen-bond acceptors (Lipinski definition) is 4. The van der Waals surface area contributed by atoms with E-state index >= 15 is 0 Å². The van der Waals surface area contributed by atoms with E-state index in [2.05, 4.69) is 5.32 Å². The topological polar surface area (TPSA) is 159 Å². The molecule has 0 radical (unpaired) electrons. The molecule has 9 nitrogen and oxygen atoms in total. The predicted molar refractivity (Wildman–Crippen MR) is 62.0 cm³/mol. The summed E-state index contributed by atoms with van der Waals surface area (Å²) in [5.41, 5.74) is 4.96. The molecule has 1 heterocycles. The van der Waals surface area contributed by atoms with E-state index < -0.39 is 18.0 Å². The lowest BCUT2D eigenvalue weighted by atomic mass is 10.2. The fourth-order valence-corrected chi connectivity index (χ4v) is 1.10. The van der Waals surface area contributed by atoms with Crippen molar-refractivity contribution in [3.63, 3.8) is 0 Å². The van der Waals surface area contributed by atoms with Crippen molar-refractivity contribution in [2.75, 3.05) is 13.6 Å². The van der Waals surface area contributed by atoms with Crippen molar-refractivity contribution >= 4 is 23.8 Å². The van der Waals surface area contributed by atoms with Gasteiger partial charge in [0.05, 0.1) is 0 Å². The van der Waals surface area contributed by atoms with Gasteiger partial charge in [-0.25, -0.2) is 4.79 Å². The lowest BCUT2D eigenvalue weighted by Crippen LogP contribution is -2.36. The molecule has 0 aromatic rings. The molecule has 18 heavy (non-hydrogen) atoms. The summed E-state index contributed by atoms with van der Waals surface area (Å²) in [6, 6.07) is -0.641. The third kappa shape index (κ3) is 6.30. The van der Waals surface area contributed by atoms with Crippen LogP contribution in [0.5, 0.6) is 0 Å². The minimum Gasteiger partial charge on any atom is -0.563 e. The van der Waals surface area contributed by atoms with Crippen LogP contribution in [-0.4, -0.2) is 58.6 Å². The zero-order valence-electron chi connectivity index (χ0n) is 9.90. The normalized spacial score (nSPS) is 17.2. The number of nitrogens with two attached hydrogens (primary N) is 1. The highest BCUT2D eigenvalue weighted by Crippen LogP contribution is 2.05. The van der Waals surface area contributed by atoms with Crippen LogP contribution in [0.4, 0.5) is 0 Å². The molecule has 0 aromatic carbocycles. The number of guanidine groups is 1. The molecule has 9 heteroatoms. The van der Waals surface area contributed by atoms with Crippen LogP contribution in [0.1, 0.15) is 12.8 Å². The van der Waals surface area contributed by atoms with Crippen LogP contribution in [0.2, 0.25) is 0 Å². The molecule has 1 amide bonds. The monoisotopic (exact) mass is 261 g/mol. The number of amides is 1. The summed E-state index contributed by atoms with van der Waals surface area (Å²) in [6.07, 6.45) is 0.769. The fourth-order valence-electron chi connectivity index (χ4n) is 1.10. The van der Waals surface area contributed by atoms with Gasteiger partial charge >= 0.3 is 11.9 Å². The number of likely N-dealkylation sites (N-methyl/N-ethyl adjacent to an activating group) is 1. The zero-order valence-corrected chi connectivity index (χ0v) is 9.90.